The van der Waals surface area contributed by atoms with E-state index in [4.69, 9.17) is 9.57 Å². The zero-order valence-corrected chi connectivity index (χ0v) is 25.7. The van der Waals surface area contributed by atoms with E-state index in [1.54, 1.807) is 39.8 Å². The highest BCUT2D eigenvalue weighted by atomic mass is 32.2. The highest BCUT2D eigenvalue weighted by Crippen LogP contribution is 2.32. The standard InChI is InChI=1S/C30H39N5O6S/c1-20-17-21(24-9-7-8-10-25(24)32-20)18-40-22-11-13-23(14-12-22)42(38,39)34-26-15-16-35(28(37)31-6)19-30(26,5)27(36)33-41-29(2,3)4/h7-14,17,26,34H,15-16,18-19H2,1-6H3,(H,31,37)(H,33,36)/t26-,30-/m1/s1. The highest BCUT2D eigenvalue weighted by molar-refractivity contribution is 7.89. The first-order valence-corrected chi connectivity index (χ1v) is 15.3. The van der Waals surface area contributed by atoms with Crippen molar-refractivity contribution in [2.45, 2.75) is 64.2 Å². The van der Waals surface area contributed by atoms with Crippen molar-refractivity contribution in [1.29, 1.82) is 0 Å². The lowest BCUT2D eigenvalue weighted by Crippen LogP contribution is -2.64. The fourth-order valence-corrected chi connectivity index (χ4v) is 6.28. The van der Waals surface area contributed by atoms with Crippen molar-refractivity contribution in [2.24, 2.45) is 5.41 Å². The number of hydrogen-bond donors (Lipinski definition) is 3. The summed E-state index contributed by atoms with van der Waals surface area (Å²) in [5, 5.41) is 3.56. The maximum absolute atomic E-state index is 13.5. The Morgan fingerprint density at radius 1 is 1.12 bits per heavy atom. The van der Waals surface area contributed by atoms with Gasteiger partial charge in [-0.25, -0.2) is 23.4 Å². The molecule has 0 saturated carbocycles. The minimum absolute atomic E-state index is 0.00482. The molecule has 2 heterocycles. The van der Waals surface area contributed by atoms with Gasteiger partial charge >= 0.3 is 6.03 Å². The predicted molar refractivity (Wildman–Crippen MR) is 159 cm³/mol. The molecule has 0 radical (unpaired) electrons. The van der Waals surface area contributed by atoms with Gasteiger partial charge in [0, 0.05) is 42.8 Å². The van der Waals surface area contributed by atoms with Gasteiger partial charge in [0.1, 0.15) is 12.4 Å². The number of nitrogens with zero attached hydrogens (tertiary/aromatic N) is 2. The Hall–Kier alpha value is -3.74. The van der Waals surface area contributed by atoms with Crippen LogP contribution in [-0.4, -0.2) is 62.0 Å². The lowest BCUT2D eigenvalue weighted by Gasteiger charge is -2.44. The molecule has 1 aliphatic heterocycles. The van der Waals surface area contributed by atoms with Gasteiger partial charge in [-0.2, -0.15) is 0 Å². The van der Waals surface area contributed by atoms with Gasteiger partial charge < -0.3 is 15.0 Å². The largest absolute Gasteiger partial charge is 0.489 e. The van der Waals surface area contributed by atoms with E-state index in [0.717, 1.165) is 22.2 Å². The van der Waals surface area contributed by atoms with Gasteiger partial charge in [-0.15, -0.1) is 0 Å². The summed E-state index contributed by atoms with van der Waals surface area (Å²) in [6.07, 6.45) is 0.229. The maximum Gasteiger partial charge on any atom is 0.317 e. The molecule has 0 spiro atoms. The summed E-state index contributed by atoms with van der Waals surface area (Å²) in [4.78, 5) is 37.3. The van der Waals surface area contributed by atoms with Crippen LogP contribution in [0.5, 0.6) is 5.75 Å². The zero-order valence-electron chi connectivity index (χ0n) is 24.9. The number of aryl methyl sites for hydroxylation is 1. The average molecular weight is 598 g/mol. The third kappa shape index (κ3) is 7.18. The number of benzene rings is 2. The average Bonchev–Trinajstić information content (AvgIpc) is 2.94. The Morgan fingerprint density at radius 2 is 1.81 bits per heavy atom. The van der Waals surface area contributed by atoms with Crippen LogP contribution in [0.1, 0.15) is 45.4 Å². The summed E-state index contributed by atoms with van der Waals surface area (Å²) in [5.41, 5.74) is 3.24. The number of pyridine rings is 1. The van der Waals surface area contributed by atoms with Crippen LogP contribution in [0.25, 0.3) is 10.9 Å². The Kier molecular flexibility index (Phi) is 9.09. The number of amides is 3. The van der Waals surface area contributed by atoms with Crippen LogP contribution < -0.4 is 20.3 Å². The van der Waals surface area contributed by atoms with Crippen molar-refractivity contribution in [2.75, 3.05) is 20.1 Å². The molecule has 3 amide bonds. The quantitative estimate of drug-likeness (QED) is 0.337. The van der Waals surface area contributed by atoms with Gasteiger partial charge in [0.05, 0.1) is 21.4 Å². The molecule has 1 aromatic heterocycles. The van der Waals surface area contributed by atoms with Crippen LogP contribution in [-0.2, 0) is 26.3 Å². The van der Waals surface area contributed by atoms with Crippen molar-refractivity contribution in [3.05, 3.63) is 65.9 Å². The molecule has 1 aliphatic rings. The molecule has 3 N–H and O–H groups in total. The number of urea groups is 1. The molecule has 0 bridgehead atoms. The Bertz CT molecular complexity index is 1550. The molecule has 3 aromatic rings. The SMILES string of the molecule is CNC(=O)N1CC[C@@H](NS(=O)(=O)c2ccc(OCc3cc(C)nc4ccccc34)cc2)[C@](C)(C(=O)NOC(C)(C)C)C1. The van der Waals surface area contributed by atoms with Crippen LogP contribution in [0, 0.1) is 12.3 Å². The lowest BCUT2D eigenvalue weighted by atomic mass is 9.77. The second kappa shape index (κ2) is 12.2. The summed E-state index contributed by atoms with van der Waals surface area (Å²) in [7, 11) is -2.52. The number of carbonyl (C=O) groups excluding carboxylic acids is 2. The molecule has 2 atom stereocenters. The molecule has 226 valence electrons. The summed E-state index contributed by atoms with van der Waals surface area (Å²) < 4.78 is 35.6. The van der Waals surface area contributed by atoms with Crippen molar-refractivity contribution in [3.8, 4) is 5.75 Å². The third-order valence-electron chi connectivity index (χ3n) is 7.20. The summed E-state index contributed by atoms with van der Waals surface area (Å²) >= 11 is 0. The fraction of sp³-hybridized carbons (Fsp3) is 0.433. The van der Waals surface area contributed by atoms with Crippen molar-refractivity contribution in [3.63, 3.8) is 0 Å². The Balaban J connectivity index is 1.49. The van der Waals surface area contributed by atoms with E-state index in [1.165, 1.54) is 24.1 Å². The van der Waals surface area contributed by atoms with Gasteiger partial charge in [0.25, 0.3) is 5.91 Å². The highest BCUT2D eigenvalue weighted by Gasteiger charge is 2.48. The van der Waals surface area contributed by atoms with Gasteiger partial charge in [-0.1, -0.05) is 18.2 Å². The second-order valence-electron chi connectivity index (χ2n) is 11.7. The number of para-hydroxylation sites is 1. The van der Waals surface area contributed by atoms with E-state index in [2.05, 4.69) is 20.5 Å². The molecule has 11 nitrogen and oxygen atoms in total. The van der Waals surface area contributed by atoms with Crippen LogP contribution in [0.15, 0.2) is 59.5 Å². The third-order valence-corrected chi connectivity index (χ3v) is 8.69. The van der Waals surface area contributed by atoms with Crippen LogP contribution in [0.2, 0.25) is 0 Å². The van der Waals surface area contributed by atoms with E-state index in [-0.39, 0.29) is 30.4 Å². The van der Waals surface area contributed by atoms with E-state index < -0.39 is 33.0 Å². The number of ether oxygens (including phenoxy) is 1. The number of fused-ring (bicyclic) bond motifs is 1. The summed E-state index contributed by atoms with van der Waals surface area (Å²) in [5.74, 6) is -0.0173. The zero-order chi connectivity index (χ0) is 30.7. The molecule has 0 unspecified atom stereocenters. The molecule has 42 heavy (non-hydrogen) atoms. The fourth-order valence-electron chi connectivity index (χ4n) is 4.90. The normalized spacial score (nSPS) is 19.4. The van der Waals surface area contributed by atoms with Crippen LogP contribution in [0.4, 0.5) is 4.79 Å². The first-order valence-electron chi connectivity index (χ1n) is 13.8. The van der Waals surface area contributed by atoms with Crippen LogP contribution >= 0.6 is 0 Å². The number of sulfonamides is 1. The molecule has 1 fully saturated rings. The first-order chi connectivity index (χ1) is 19.7. The smallest absolute Gasteiger partial charge is 0.317 e. The minimum Gasteiger partial charge on any atom is -0.489 e. The van der Waals surface area contributed by atoms with Crippen molar-refractivity contribution in [1.82, 2.24) is 25.4 Å². The van der Waals surface area contributed by atoms with E-state index in [0.29, 0.717) is 12.4 Å². The first kappa shape index (κ1) is 31.2. The molecule has 4 rings (SSSR count). The topological polar surface area (TPSA) is 139 Å². The minimum atomic E-state index is -4.02. The second-order valence-corrected chi connectivity index (χ2v) is 13.4. The molecule has 0 aliphatic carbocycles. The molecule has 12 heteroatoms. The molecule has 2 aromatic carbocycles. The number of carbonyl (C=O) groups is 2. The number of aromatic nitrogens is 1. The van der Waals surface area contributed by atoms with Gasteiger partial charge in [-0.3, -0.25) is 14.6 Å². The van der Waals surface area contributed by atoms with E-state index in [9.17, 15) is 18.0 Å². The molecule has 1 saturated heterocycles. The predicted octanol–water partition coefficient (Wildman–Crippen LogP) is 3.67. The number of likely N-dealkylation sites (tertiary alicyclic amines) is 1. The Labute approximate surface area is 247 Å². The number of hydroxylamine groups is 1. The maximum atomic E-state index is 13.5. The Morgan fingerprint density at radius 3 is 2.48 bits per heavy atom. The van der Waals surface area contributed by atoms with Gasteiger partial charge in [0.15, 0.2) is 0 Å². The number of rotatable bonds is 8. The van der Waals surface area contributed by atoms with E-state index >= 15 is 0 Å². The molecular formula is C30H39N5O6S. The van der Waals surface area contributed by atoms with Crippen molar-refractivity contribution >= 4 is 32.9 Å². The summed E-state index contributed by atoms with van der Waals surface area (Å²) in [6, 6.07) is 14.8. The summed E-state index contributed by atoms with van der Waals surface area (Å²) in [6.45, 7) is 9.45. The van der Waals surface area contributed by atoms with E-state index in [1.807, 2.05) is 37.3 Å². The number of piperidine rings is 1. The van der Waals surface area contributed by atoms with Gasteiger partial charge in [-0.05, 0) is 77.4 Å². The van der Waals surface area contributed by atoms with Gasteiger partial charge in [0.2, 0.25) is 10.0 Å². The van der Waals surface area contributed by atoms with Crippen LogP contribution in [0.3, 0.4) is 0 Å². The monoisotopic (exact) mass is 597 g/mol. The number of hydrogen-bond acceptors (Lipinski definition) is 7. The lowest BCUT2D eigenvalue weighted by molar-refractivity contribution is -0.158. The molecular weight excluding hydrogens is 558 g/mol. The van der Waals surface area contributed by atoms with Crippen molar-refractivity contribution < 1.29 is 27.6 Å². The number of nitrogens with one attached hydrogen (secondary N) is 3.